The number of methoxy groups -OCH3 is 2. The van der Waals surface area contributed by atoms with E-state index in [4.69, 9.17) is 21.1 Å². The number of halogens is 1. The molecule has 1 aromatic carbocycles. The highest BCUT2D eigenvalue weighted by atomic mass is 35.5. The van der Waals surface area contributed by atoms with E-state index < -0.39 is 5.91 Å². The minimum absolute atomic E-state index is 0.102. The average Bonchev–Trinajstić information content (AvgIpc) is 2.53. The molecule has 0 fully saturated rings. The molecule has 1 amide bonds. The second-order valence-corrected chi connectivity index (χ2v) is 5.67. The Kier molecular flexibility index (Phi) is 5.51. The molecule has 1 heterocycles. The lowest BCUT2D eigenvalue weighted by atomic mass is 10.1. The first-order valence-electron chi connectivity index (χ1n) is 7.27. The molecule has 0 aliphatic carbocycles. The number of aryl methyl sites for hydroxylation is 2. The van der Waals surface area contributed by atoms with E-state index in [0.29, 0.717) is 11.3 Å². The van der Waals surface area contributed by atoms with Gasteiger partial charge in [0.15, 0.2) is 11.5 Å². The molecule has 0 bridgehead atoms. The number of pyridine rings is 1. The highest BCUT2D eigenvalue weighted by Crippen LogP contribution is 2.37. The first-order valence-corrected chi connectivity index (χ1v) is 7.65. The quantitative estimate of drug-likeness (QED) is 0.868. The van der Waals surface area contributed by atoms with Crippen molar-refractivity contribution < 1.29 is 14.3 Å². The Morgan fingerprint density at radius 1 is 1.25 bits per heavy atom. The highest BCUT2D eigenvalue weighted by Gasteiger charge is 2.18. The summed E-state index contributed by atoms with van der Waals surface area (Å²) >= 11 is 6.22. The third-order valence-electron chi connectivity index (χ3n) is 3.65. The molecule has 7 heteroatoms. The third kappa shape index (κ3) is 3.54. The summed E-state index contributed by atoms with van der Waals surface area (Å²) in [5.41, 5.74) is 2.12. The summed E-state index contributed by atoms with van der Waals surface area (Å²) in [6.07, 6.45) is 0. The van der Waals surface area contributed by atoms with E-state index >= 15 is 0 Å². The van der Waals surface area contributed by atoms with Gasteiger partial charge in [0.2, 0.25) is 0 Å². The first kappa shape index (κ1) is 17.9. The molecule has 2 aromatic rings. The number of amides is 1. The zero-order chi connectivity index (χ0) is 17.9. The Bertz CT molecular complexity index is 830. The van der Waals surface area contributed by atoms with Crippen LogP contribution >= 0.6 is 11.6 Å². The number of carbonyl (C=O) groups is 1. The van der Waals surface area contributed by atoms with Crippen LogP contribution in [0.1, 0.15) is 27.2 Å². The molecule has 0 aliphatic rings. The minimum Gasteiger partial charge on any atom is -0.493 e. The van der Waals surface area contributed by atoms with Gasteiger partial charge in [-0.3, -0.25) is 9.59 Å². The van der Waals surface area contributed by atoms with Crippen molar-refractivity contribution in [2.45, 2.75) is 20.4 Å². The van der Waals surface area contributed by atoms with Crippen molar-refractivity contribution in [3.8, 4) is 11.5 Å². The molecule has 2 N–H and O–H groups in total. The van der Waals surface area contributed by atoms with Gasteiger partial charge in [0.05, 0.1) is 24.8 Å². The maximum Gasteiger partial charge on any atom is 0.253 e. The van der Waals surface area contributed by atoms with Crippen LogP contribution in [0, 0.1) is 13.8 Å². The Morgan fingerprint density at radius 2 is 1.96 bits per heavy atom. The Balaban J connectivity index is 2.24. The van der Waals surface area contributed by atoms with E-state index in [1.807, 2.05) is 13.0 Å². The molecule has 6 nitrogen and oxygen atoms in total. The van der Waals surface area contributed by atoms with E-state index in [1.54, 1.807) is 19.1 Å². The molecule has 0 spiro atoms. The summed E-state index contributed by atoms with van der Waals surface area (Å²) in [6, 6.07) is 5.00. The zero-order valence-electron chi connectivity index (χ0n) is 14.0. The molecule has 0 aliphatic heterocycles. The van der Waals surface area contributed by atoms with Gasteiger partial charge in [0.25, 0.3) is 11.5 Å². The largest absolute Gasteiger partial charge is 0.493 e. The summed E-state index contributed by atoms with van der Waals surface area (Å²) in [5.74, 6) is 0.321. The van der Waals surface area contributed by atoms with Crippen molar-refractivity contribution in [2.75, 3.05) is 14.2 Å². The molecule has 0 radical (unpaired) electrons. The number of hydrogen-bond donors (Lipinski definition) is 2. The van der Waals surface area contributed by atoms with Crippen molar-refractivity contribution in [2.24, 2.45) is 0 Å². The van der Waals surface area contributed by atoms with Gasteiger partial charge in [-0.25, -0.2) is 0 Å². The Hall–Kier alpha value is -2.47. The monoisotopic (exact) mass is 350 g/mol. The van der Waals surface area contributed by atoms with E-state index in [2.05, 4.69) is 10.3 Å². The number of carbonyl (C=O) groups excluding carboxylic acids is 1. The highest BCUT2D eigenvalue weighted by molar-refractivity contribution is 6.35. The molecule has 1 aromatic heterocycles. The molecule has 0 saturated heterocycles. The molecule has 0 saturated carbocycles. The molecule has 0 unspecified atom stereocenters. The summed E-state index contributed by atoms with van der Waals surface area (Å²) in [7, 11) is 2.93. The molecule has 2 rings (SSSR count). The Labute approximate surface area is 144 Å². The van der Waals surface area contributed by atoms with E-state index in [9.17, 15) is 9.59 Å². The lowest BCUT2D eigenvalue weighted by Crippen LogP contribution is -2.28. The fourth-order valence-electron chi connectivity index (χ4n) is 2.43. The van der Waals surface area contributed by atoms with Crippen molar-refractivity contribution >= 4 is 17.5 Å². The normalized spacial score (nSPS) is 10.4. The van der Waals surface area contributed by atoms with E-state index in [1.165, 1.54) is 14.2 Å². The molecular weight excluding hydrogens is 332 g/mol. The first-order chi connectivity index (χ1) is 11.4. The number of H-pyrrole nitrogens is 1. The summed E-state index contributed by atoms with van der Waals surface area (Å²) in [5, 5.41) is 2.86. The summed E-state index contributed by atoms with van der Waals surface area (Å²) < 4.78 is 10.3. The number of rotatable bonds is 5. The van der Waals surface area contributed by atoms with Crippen LogP contribution in [0.25, 0.3) is 0 Å². The standard InChI is InChI=1S/C17H19ClN2O4/c1-9-7-10(2)20-17(22)12(9)8-19-16(21)11-5-6-13(23-3)15(24-4)14(11)18/h5-7H,8H2,1-4H3,(H,19,21)(H,20,22). The van der Waals surface area contributed by atoms with Crippen LogP contribution < -0.4 is 20.3 Å². The third-order valence-corrected chi connectivity index (χ3v) is 4.02. The number of ether oxygens (including phenoxy) is 2. The Morgan fingerprint density at radius 3 is 2.54 bits per heavy atom. The van der Waals surface area contributed by atoms with Crippen molar-refractivity contribution in [1.82, 2.24) is 10.3 Å². The summed E-state index contributed by atoms with van der Waals surface area (Å²) in [6.45, 7) is 3.73. The van der Waals surface area contributed by atoms with Crippen LogP contribution in [0.2, 0.25) is 5.02 Å². The lowest BCUT2D eigenvalue weighted by molar-refractivity contribution is 0.0950. The fraction of sp³-hybridized carbons (Fsp3) is 0.294. The van der Waals surface area contributed by atoms with Crippen LogP contribution in [0.3, 0.4) is 0 Å². The predicted molar refractivity (Wildman–Crippen MR) is 92.3 cm³/mol. The van der Waals surface area contributed by atoms with E-state index in [0.717, 1.165) is 11.3 Å². The van der Waals surface area contributed by atoms with Crippen LogP contribution in [0.5, 0.6) is 11.5 Å². The van der Waals surface area contributed by atoms with Gasteiger partial charge in [-0.05, 0) is 37.6 Å². The van der Waals surface area contributed by atoms with Gasteiger partial charge in [-0.15, -0.1) is 0 Å². The lowest BCUT2D eigenvalue weighted by Gasteiger charge is -2.13. The topological polar surface area (TPSA) is 80.4 Å². The maximum absolute atomic E-state index is 12.4. The molecule has 24 heavy (non-hydrogen) atoms. The maximum atomic E-state index is 12.4. The van der Waals surface area contributed by atoms with Gasteiger partial charge in [-0.1, -0.05) is 11.6 Å². The number of aromatic amines is 1. The van der Waals surface area contributed by atoms with Crippen molar-refractivity contribution in [3.05, 3.63) is 56.0 Å². The molecule has 0 atom stereocenters. The van der Waals surface area contributed by atoms with Gasteiger partial charge in [-0.2, -0.15) is 0 Å². The zero-order valence-corrected chi connectivity index (χ0v) is 14.7. The summed E-state index contributed by atoms with van der Waals surface area (Å²) in [4.78, 5) is 27.1. The van der Waals surface area contributed by atoms with Gasteiger partial charge >= 0.3 is 0 Å². The SMILES string of the molecule is COc1ccc(C(=O)NCc2c(C)cc(C)[nH]c2=O)c(Cl)c1OC. The molecule has 128 valence electrons. The minimum atomic E-state index is -0.402. The second-order valence-electron chi connectivity index (χ2n) is 5.29. The van der Waals surface area contributed by atoms with Crippen LogP contribution in [0.15, 0.2) is 23.0 Å². The number of hydrogen-bond acceptors (Lipinski definition) is 4. The number of aromatic nitrogens is 1. The van der Waals surface area contributed by atoms with Crippen LogP contribution in [-0.2, 0) is 6.54 Å². The predicted octanol–water partition coefficient (Wildman–Crippen LogP) is 2.59. The number of benzene rings is 1. The van der Waals surface area contributed by atoms with Gasteiger partial charge in [0.1, 0.15) is 0 Å². The average molecular weight is 351 g/mol. The smallest absolute Gasteiger partial charge is 0.253 e. The second kappa shape index (κ2) is 7.40. The fourth-order valence-corrected chi connectivity index (χ4v) is 2.75. The van der Waals surface area contributed by atoms with Crippen molar-refractivity contribution in [1.29, 1.82) is 0 Å². The van der Waals surface area contributed by atoms with Crippen LogP contribution in [-0.4, -0.2) is 25.1 Å². The van der Waals surface area contributed by atoms with Crippen molar-refractivity contribution in [3.63, 3.8) is 0 Å². The van der Waals surface area contributed by atoms with E-state index in [-0.39, 0.29) is 28.4 Å². The van der Waals surface area contributed by atoms with Gasteiger partial charge < -0.3 is 19.8 Å². The number of nitrogens with one attached hydrogen (secondary N) is 2. The van der Waals surface area contributed by atoms with Gasteiger partial charge in [0, 0.05) is 17.8 Å². The van der Waals surface area contributed by atoms with Crippen LogP contribution in [0.4, 0.5) is 0 Å². The molecular formula is C17H19ClN2O4.